The lowest BCUT2D eigenvalue weighted by atomic mass is 9.97. The Morgan fingerprint density at radius 2 is 1.75 bits per heavy atom. The second kappa shape index (κ2) is 8.32. The maximum absolute atomic E-state index is 13.0. The van der Waals surface area contributed by atoms with Crippen LogP contribution in [0.4, 0.5) is 0 Å². The maximum atomic E-state index is 13.0. The van der Waals surface area contributed by atoms with Crippen LogP contribution < -0.4 is 5.32 Å². The highest BCUT2D eigenvalue weighted by atomic mass is 16.2. The molecule has 0 saturated heterocycles. The summed E-state index contributed by atoms with van der Waals surface area (Å²) in [5, 5.41) is 2.97. The fourth-order valence-electron chi connectivity index (χ4n) is 3.22. The van der Waals surface area contributed by atoms with Crippen LogP contribution in [0.1, 0.15) is 51.7 Å². The summed E-state index contributed by atoms with van der Waals surface area (Å²) < 4.78 is 0. The Morgan fingerprint density at radius 3 is 2.38 bits per heavy atom. The molecule has 0 saturated carbocycles. The Labute approximate surface area is 145 Å². The Morgan fingerprint density at radius 1 is 1.08 bits per heavy atom. The van der Waals surface area contributed by atoms with Crippen molar-refractivity contribution in [3.05, 3.63) is 35.4 Å². The first-order chi connectivity index (χ1) is 11.4. The molecule has 0 fully saturated rings. The molecule has 2 rings (SSSR count). The summed E-state index contributed by atoms with van der Waals surface area (Å²) in [6.07, 6.45) is 2.03. The van der Waals surface area contributed by atoms with Gasteiger partial charge < -0.3 is 10.2 Å². The van der Waals surface area contributed by atoms with Crippen LogP contribution in [0.2, 0.25) is 0 Å². The molecular formula is C20H30N2O2. The first-order valence-corrected chi connectivity index (χ1v) is 9.01. The molecule has 0 radical (unpaired) electrons. The normalized spacial score (nSPS) is 15.3. The SMILES string of the molecule is CC(C)CC(=O)N[C@H](CC(C)C)C(=O)N1CCc2ccccc2C1. The highest BCUT2D eigenvalue weighted by Gasteiger charge is 2.29. The predicted molar refractivity (Wildman–Crippen MR) is 96.4 cm³/mol. The second-order valence-electron chi connectivity index (χ2n) is 7.63. The molecule has 0 aromatic heterocycles. The lowest BCUT2D eigenvalue weighted by Gasteiger charge is -2.32. The third-order valence-corrected chi connectivity index (χ3v) is 4.38. The van der Waals surface area contributed by atoms with Crippen molar-refractivity contribution >= 4 is 11.8 Å². The van der Waals surface area contributed by atoms with Gasteiger partial charge in [0.1, 0.15) is 6.04 Å². The lowest BCUT2D eigenvalue weighted by Crippen LogP contribution is -2.50. The number of nitrogens with zero attached hydrogens (tertiary/aromatic N) is 1. The van der Waals surface area contributed by atoms with Crippen LogP contribution in [0.5, 0.6) is 0 Å². The molecule has 1 atom stereocenters. The van der Waals surface area contributed by atoms with E-state index in [0.29, 0.717) is 31.2 Å². The average Bonchev–Trinajstić information content (AvgIpc) is 2.52. The van der Waals surface area contributed by atoms with Crippen molar-refractivity contribution in [1.29, 1.82) is 0 Å². The minimum Gasteiger partial charge on any atom is -0.344 e. The van der Waals surface area contributed by atoms with E-state index in [1.807, 2.05) is 30.9 Å². The standard InChI is InChI=1S/C20H30N2O2/c1-14(2)11-18(21-19(23)12-15(3)4)20(24)22-10-9-16-7-5-6-8-17(16)13-22/h5-8,14-15,18H,9-13H2,1-4H3,(H,21,23)/t18-/m1/s1. The molecule has 1 aromatic rings. The van der Waals surface area contributed by atoms with Gasteiger partial charge in [0.2, 0.25) is 11.8 Å². The first-order valence-electron chi connectivity index (χ1n) is 9.01. The molecule has 4 nitrogen and oxygen atoms in total. The smallest absolute Gasteiger partial charge is 0.245 e. The van der Waals surface area contributed by atoms with E-state index >= 15 is 0 Å². The molecule has 0 unspecified atom stereocenters. The fraction of sp³-hybridized carbons (Fsp3) is 0.600. The molecule has 132 valence electrons. The van der Waals surface area contributed by atoms with Gasteiger partial charge in [0.05, 0.1) is 0 Å². The largest absolute Gasteiger partial charge is 0.344 e. The number of nitrogens with one attached hydrogen (secondary N) is 1. The lowest BCUT2D eigenvalue weighted by molar-refractivity contribution is -0.137. The Hall–Kier alpha value is -1.84. The van der Waals surface area contributed by atoms with Crippen LogP contribution in [-0.4, -0.2) is 29.3 Å². The van der Waals surface area contributed by atoms with Gasteiger partial charge in [0, 0.05) is 19.5 Å². The summed E-state index contributed by atoms with van der Waals surface area (Å²) >= 11 is 0. The van der Waals surface area contributed by atoms with Gasteiger partial charge in [0.25, 0.3) is 0 Å². The summed E-state index contributed by atoms with van der Waals surface area (Å²) in [6.45, 7) is 9.57. The topological polar surface area (TPSA) is 49.4 Å². The van der Waals surface area contributed by atoms with Crippen molar-refractivity contribution in [1.82, 2.24) is 10.2 Å². The highest BCUT2D eigenvalue weighted by molar-refractivity contribution is 5.87. The summed E-state index contributed by atoms with van der Waals surface area (Å²) in [5.74, 6) is 0.675. The van der Waals surface area contributed by atoms with E-state index in [1.54, 1.807) is 0 Å². The highest BCUT2D eigenvalue weighted by Crippen LogP contribution is 2.20. The minimum atomic E-state index is -0.415. The predicted octanol–water partition coefficient (Wildman–Crippen LogP) is 3.15. The zero-order chi connectivity index (χ0) is 17.7. The van der Waals surface area contributed by atoms with Gasteiger partial charge in [-0.1, -0.05) is 52.0 Å². The zero-order valence-electron chi connectivity index (χ0n) is 15.3. The Kier molecular flexibility index (Phi) is 6.41. The van der Waals surface area contributed by atoms with E-state index < -0.39 is 6.04 Å². The molecular weight excluding hydrogens is 300 g/mol. The molecule has 0 aliphatic carbocycles. The number of carbonyl (C=O) groups is 2. The number of rotatable bonds is 6. The van der Waals surface area contributed by atoms with Crippen LogP contribution in [0, 0.1) is 11.8 Å². The molecule has 1 aliphatic heterocycles. The first kappa shape index (κ1) is 18.5. The van der Waals surface area contributed by atoms with E-state index in [9.17, 15) is 9.59 Å². The molecule has 0 spiro atoms. The Balaban J connectivity index is 2.06. The quantitative estimate of drug-likeness (QED) is 0.871. The minimum absolute atomic E-state index is 0.0265. The molecule has 1 heterocycles. The number of amides is 2. The van der Waals surface area contributed by atoms with Crippen LogP contribution >= 0.6 is 0 Å². The number of hydrogen-bond donors (Lipinski definition) is 1. The Bertz CT molecular complexity index is 581. The summed E-state index contributed by atoms with van der Waals surface area (Å²) in [5.41, 5.74) is 2.54. The number of hydrogen-bond acceptors (Lipinski definition) is 2. The van der Waals surface area contributed by atoms with Gasteiger partial charge in [0.15, 0.2) is 0 Å². The summed E-state index contributed by atoms with van der Waals surface area (Å²) in [4.78, 5) is 27.0. The number of benzene rings is 1. The van der Waals surface area contributed by atoms with Crippen LogP contribution in [0.15, 0.2) is 24.3 Å². The van der Waals surface area contributed by atoms with Gasteiger partial charge >= 0.3 is 0 Å². The van der Waals surface area contributed by atoms with Crippen LogP contribution in [-0.2, 0) is 22.6 Å². The average molecular weight is 330 g/mol. The molecule has 1 aliphatic rings. The van der Waals surface area contributed by atoms with Crippen molar-refractivity contribution in [2.24, 2.45) is 11.8 Å². The van der Waals surface area contributed by atoms with E-state index in [0.717, 1.165) is 13.0 Å². The molecule has 1 N–H and O–H groups in total. The van der Waals surface area contributed by atoms with E-state index in [4.69, 9.17) is 0 Å². The zero-order valence-corrected chi connectivity index (χ0v) is 15.3. The molecule has 24 heavy (non-hydrogen) atoms. The number of fused-ring (bicyclic) bond motifs is 1. The van der Waals surface area contributed by atoms with Crippen molar-refractivity contribution in [3.63, 3.8) is 0 Å². The van der Waals surface area contributed by atoms with Crippen molar-refractivity contribution in [2.45, 2.75) is 59.5 Å². The number of carbonyl (C=O) groups excluding carboxylic acids is 2. The van der Waals surface area contributed by atoms with Crippen molar-refractivity contribution in [3.8, 4) is 0 Å². The van der Waals surface area contributed by atoms with Gasteiger partial charge in [-0.3, -0.25) is 9.59 Å². The van der Waals surface area contributed by atoms with Gasteiger partial charge in [-0.05, 0) is 35.8 Å². The van der Waals surface area contributed by atoms with E-state index in [-0.39, 0.29) is 11.8 Å². The van der Waals surface area contributed by atoms with Gasteiger partial charge in [-0.2, -0.15) is 0 Å². The third kappa shape index (κ3) is 5.08. The van der Waals surface area contributed by atoms with Crippen molar-refractivity contribution in [2.75, 3.05) is 6.54 Å². The van der Waals surface area contributed by atoms with E-state index in [1.165, 1.54) is 11.1 Å². The van der Waals surface area contributed by atoms with Crippen LogP contribution in [0.3, 0.4) is 0 Å². The summed E-state index contributed by atoms with van der Waals surface area (Å²) in [7, 11) is 0. The third-order valence-electron chi connectivity index (χ3n) is 4.38. The van der Waals surface area contributed by atoms with Crippen molar-refractivity contribution < 1.29 is 9.59 Å². The molecule has 2 amide bonds. The van der Waals surface area contributed by atoms with E-state index in [2.05, 4.69) is 31.3 Å². The monoisotopic (exact) mass is 330 g/mol. The van der Waals surface area contributed by atoms with Gasteiger partial charge in [-0.15, -0.1) is 0 Å². The fourth-order valence-corrected chi connectivity index (χ4v) is 3.22. The second-order valence-corrected chi connectivity index (χ2v) is 7.63. The maximum Gasteiger partial charge on any atom is 0.245 e. The summed E-state index contributed by atoms with van der Waals surface area (Å²) in [6, 6.07) is 7.87. The van der Waals surface area contributed by atoms with Crippen LogP contribution in [0.25, 0.3) is 0 Å². The molecule has 4 heteroatoms. The van der Waals surface area contributed by atoms with Gasteiger partial charge in [-0.25, -0.2) is 0 Å². The molecule has 0 bridgehead atoms. The molecule has 1 aromatic carbocycles.